The Kier molecular flexibility index (Phi) is 4.99. The summed E-state index contributed by atoms with van der Waals surface area (Å²) in [5, 5.41) is 2.88. The van der Waals surface area contributed by atoms with Gasteiger partial charge in [0.2, 0.25) is 11.8 Å². The van der Waals surface area contributed by atoms with Crippen molar-refractivity contribution in [3.8, 4) is 0 Å². The molecule has 0 aromatic heterocycles. The molecule has 0 bridgehead atoms. The lowest BCUT2D eigenvalue weighted by atomic mass is 9.76. The van der Waals surface area contributed by atoms with Gasteiger partial charge in [-0.3, -0.25) is 19.3 Å². The van der Waals surface area contributed by atoms with E-state index >= 15 is 0 Å². The van der Waals surface area contributed by atoms with Crippen LogP contribution in [0.1, 0.15) is 42.1 Å². The predicted octanol–water partition coefficient (Wildman–Crippen LogP) is 3.54. The largest absolute Gasteiger partial charge is 0.348 e. The van der Waals surface area contributed by atoms with Crippen molar-refractivity contribution < 1.29 is 14.4 Å². The summed E-state index contributed by atoms with van der Waals surface area (Å²) in [6, 6.07) is 16.4. The summed E-state index contributed by atoms with van der Waals surface area (Å²) < 4.78 is 0. The summed E-state index contributed by atoms with van der Waals surface area (Å²) in [5.74, 6) is -0.265. The van der Waals surface area contributed by atoms with Gasteiger partial charge in [-0.25, -0.2) is 0 Å². The number of imide groups is 1. The molecule has 5 heteroatoms. The van der Waals surface area contributed by atoms with Crippen molar-refractivity contribution in [3.05, 3.63) is 65.7 Å². The van der Waals surface area contributed by atoms with Crippen molar-refractivity contribution in [2.75, 3.05) is 4.90 Å². The highest BCUT2D eigenvalue weighted by atomic mass is 16.2. The maximum absolute atomic E-state index is 12.8. The number of nitrogens with zero attached hydrogens (tertiary/aromatic N) is 1. The van der Waals surface area contributed by atoms with Crippen LogP contribution >= 0.6 is 0 Å². The lowest BCUT2D eigenvalue weighted by Gasteiger charge is -2.25. The monoisotopic (exact) mass is 376 g/mol. The fourth-order valence-corrected chi connectivity index (χ4v) is 4.29. The average molecular weight is 376 g/mol. The van der Waals surface area contributed by atoms with E-state index in [9.17, 15) is 14.4 Å². The van der Waals surface area contributed by atoms with E-state index in [4.69, 9.17) is 0 Å². The van der Waals surface area contributed by atoms with E-state index in [1.807, 2.05) is 30.3 Å². The number of carbonyl (C=O) groups is 3. The predicted molar refractivity (Wildman–Crippen MR) is 107 cm³/mol. The Hall–Kier alpha value is -2.95. The van der Waals surface area contributed by atoms with Crippen LogP contribution in [0.15, 0.2) is 54.6 Å². The number of hydrogen-bond donors (Lipinski definition) is 1. The molecule has 4 rings (SSSR count). The van der Waals surface area contributed by atoms with Gasteiger partial charge in [0.05, 0.1) is 17.5 Å². The fourth-order valence-electron chi connectivity index (χ4n) is 4.29. The summed E-state index contributed by atoms with van der Waals surface area (Å²) in [6.45, 7) is 2.59. The molecule has 2 aromatic rings. The highest BCUT2D eigenvalue weighted by molar-refractivity contribution is 6.22. The number of nitrogens with one attached hydrogen (secondary N) is 1. The van der Waals surface area contributed by atoms with Crippen molar-refractivity contribution in [3.63, 3.8) is 0 Å². The second kappa shape index (κ2) is 7.58. The van der Waals surface area contributed by atoms with Crippen LogP contribution in [0, 0.1) is 17.8 Å². The molecule has 3 atom stereocenters. The maximum Gasteiger partial charge on any atom is 0.251 e. The topological polar surface area (TPSA) is 66.5 Å². The first-order chi connectivity index (χ1) is 13.5. The number of fused-ring (bicyclic) bond motifs is 1. The van der Waals surface area contributed by atoms with Gasteiger partial charge in [0.25, 0.3) is 5.91 Å². The summed E-state index contributed by atoms with van der Waals surface area (Å²) in [6.07, 6.45) is 2.56. The minimum atomic E-state index is -0.190. The Balaban J connectivity index is 1.45. The average Bonchev–Trinajstić information content (AvgIpc) is 2.97. The zero-order valence-electron chi connectivity index (χ0n) is 15.9. The van der Waals surface area contributed by atoms with Gasteiger partial charge in [0.1, 0.15) is 0 Å². The molecule has 144 valence electrons. The van der Waals surface area contributed by atoms with Crippen LogP contribution < -0.4 is 10.2 Å². The molecular formula is C23H24N2O3. The molecule has 2 fully saturated rings. The zero-order valence-corrected chi connectivity index (χ0v) is 15.9. The molecule has 0 spiro atoms. The van der Waals surface area contributed by atoms with Gasteiger partial charge < -0.3 is 5.32 Å². The molecule has 1 heterocycles. The molecule has 28 heavy (non-hydrogen) atoms. The summed E-state index contributed by atoms with van der Waals surface area (Å²) in [4.78, 5) is 39.2. The minimum absolute atomic E-state index is 0.0943. The molecule has 1 aliphatic heterocycles. The molecule has 2 aromatic carbocycles. The second-order valence-electron chi connectivity index (χ2n) is 7.86. The maximum atomic E-state index is 12.8. The first kappa shape index (κ1) is 18.4. The number of rotatable bonds is 4. The first-order valence-electron chi connectivity index (χ1n) is 9.84. The Bertz CT molecular complexity index is 892. The SMILES string of the molecule is C[C@@H]1CC[C@@H]2C(=O)N(c3ccc(C(=O)NCc4ccccc4)cc3)C(=O)[C@H]2C1. The van der Waals surface area contributed by atoms with E-state index in [2.05, 4.69) is 12.2 Å². The van der Waals surface area contributed by atoms with Crippen LogP contribution in [0.5, 0.6) is 0 Å². The molecule has 3 amide bonds. The van der Waals surface area contributed by atoms with Crippen molar-refractivity contribution >= 4 is 23.4 Å². The Morgan fingerprint density at radius 2 is 1.64 bits per heavy atom. The number of anilines is 1. The van der Waals surface area contributed by atoms with Crippen LogP contribution in [0.2, 0.25) is 0 Å². The number of benzene rings is 2. The molecule has 0 unspecified atom stereocenters. The molecule has 5 nitrogen and oxygen atoms in total. The van der Waals surface area contributed by atoms with Crippen LogP contribution in [0.4, 0.5) is 5.69 Å². The summed E-state index contributed by atoms with van der Waals surface area (Å²) in [7, 11) is 0. The molecule has 1 N–H and O–H groups in total. The van der Waals surface area contributed by atoms with E-state index in [1.165, 1.54) is 4.90 Å². The lowest BCUT2D eigenvalue weighted by molar-refractivity contribution is -0.122. The third-order valence-electron chi connectivity index (χ3n) is 5.87. The number of hydrogen-bond acceptors (Lipinski definition) is 3. The van der Waals surface area contributed by atoms with E-state index in [-0.39, 0.29) is 29.6 Å². The van der Waals surface area contributed by atoms with Crippen LogP contribution in [-0.2, 0) is 16.1 Å². The second-order valence-corrected chi connectivity index (χ2v) is 7.86. The lowest BCUT2D eigenvalue weighted by Crippen LogP contribution is -2.31. The van der Waals surface area contributed by atoms with Crippen LogP contribution in [0.3, 0.4) is 0 Å². The third kappa shape index (κ3) is 3.44. The van der Waals surface area contributed by atoms with E-state index in [1.54, 1.807) is 24.3 Å². The van der Waals surface area contributed by atoms with Gasteiger partial charge in [0, 0.05) is 12.1 Å². The van der Waals surface area contributed by atoms with Crippen LogP contribution in [0.25, 0.3) is 0 Å². The molecule has 1 saturated carbocycles. The quantitative estimate of drug-likeness (QED) is 0.830. The molecule has 2 aliphatic rings. The molecule has 1 saturated heterocycles. The number of amides is 3. The summed E-state index contributed by atoms with van der Waals surface area (Å²) >= 11 is 0. The van der Waals surface area contributed by atoms with E-state index in [0.717, 1.165) is 24.8 Å². The molecule has 0 radical (unpaired) electrons. The first-order valence-corrected chi connectivity index (χ1v) is 9.84. The molecular weight excluding hydrogens is 352 g/mol. The minimum Gasteiger partial charge on any atom is -0.348 e. The van der Waals surface area contributed by atoms with Crippen molar-refractivity contribution in [1.29, 1.82) is 0 Å². The Morgan fingerprint density at radius 1 is 0.964 bits per heavy atom. The third-order valence-corrected chi connectivity index (χ3v) is 5.87. The smallest absolute Gasteiger partial charge is 0.251 e. The standard InChI is InChI=1S/C23H24N2O3/c1-15-7-12-19-20(13-15)23(28)25(22(19)27)18-10-8-17(9-11-18)21(26)24-14-16-5-3-2-4-6-16/h2-6,8-11,15,19-20H,7,12-14H2,1H3,(H,24,26)/t15-,19+,20+/m1/s1. The Labute approximate surface area is 164 Å². The van der Waals surface area contributed by atoms with Gasteiger partial charge in [-0.15, -0.1) is 0 Å². The Morgan fingerprint density at radius 3 is 2.36 bits per heavy atom. The van der Waals surface area contributed by atoms with E-state index in [0.29, 0.717) is 23.7 Å². The summed E-state index contributed by atoms with van der Waals surface area (Å²) in [5.41, 5.74) is 2.08. The van der Waals surface area contributed by atoms with Gasteiger partial charge in [-0.1, -0.05) is 37.3 Å². The van der Waals surface area contributed by atoms with Crippen molar-refractivity contribution in [2.24, 2.45) is 17.8 Å². The zero-order chi connectivity index (χ0) is 19.7. The van der Waals surface area contributed by atoms with Crippen molar-refractivity contribution in [1.82, 2.24) is 5.32 Å². The van der Waals surface area contributed by atoms with Gasteiger partial charge in [-0.05, 0) is 55.0 Å². The van der Waals surface area contributed by atoms with E-state index < -0.39 is 0 Å². The van der Waals surface area contributed by atoms with Gasteiger partial charge in [0.15, 0.2) is 0 Å². The molecule has 1 aliphatic carbocycles. The van der Waals surface area contributed by atoms with Crippen LogP contribution in [-0.4, -0.2) is 17.7 Å². The van der Waals surface area contributed by atoms with Gasteiger partial charge in [-0.2, -0.15) is 0 Å². The van der Waals surface area contributed by atoms with Crippen molar-refractivity contribution in [2.45, 2.75) is 32.7 Å². The fraction of sp³-hybridized carbons (Fsp3) is 0.348. The highest BCUT2D eigenvalue weighted by Gasteiger charge is 2.49. The highest BCUT2D eigenvalue weighted by Crippen LogP contribution is 2.42. The number of carbonyl (C=O) groups excluding carboxylic acids is 3. The normalized spacial score (nSPS) is 24.2. The van der Waals surface area contributed by atoms with Gasteiger partial charge >= 0.3 is 0 Å².